The molecule has 1 unspecified atom stereocenters. The van der Waals surface area contributed by atoms with E-state index in [9.17, 15) is 4.79 Å². The molecule has 0 saturated carbocycles. The summed E-state index contributed by atoms with van der Waals surface area (Å²) in [5, 5.41) is 1.06. The molecule has 4 heteroatoms. The predicted octanol–water partition coefficient (Wildman–Crippen LogP) is 5.33. The first kappa shape index (κ1) is 23.0. The summed E-state index contributed by atoms with van der Waals surface area (Å²) in [6.07, 6.45) is 4.83. The standard InChI is InChI=1S/C22H29O2P.Li/c1-5-6-7-8-13-24-19-9-11-20(12-10-19)25-22(23)21-17(3)14-16(2)15-18(21)4;/h9-12,14-15,25H,5-8,13H2,1-4H3;. The van der Waals surface area contributed by atoms with Crippen LogP contribution in [0.25, 0.3) is 0 Å². The summed E-state index contributed by atoms with van der Waals surface area (Å²) >= 11 is 0. The first-order valence-electron chi connectivity index (χ1n) is 9.13. The van der Waals surface area contributed by atoms with E-state index in [2.05, 4.69) is 26.0 Å². The Labute approximate surface area is 172 Å². The third-order valence-corrected chi connectivity index (χ3v) is 5.38. The van der Waals surface area contributed by atoms with E-state index in [1.807, 2.05) is 38.1 Å². The van der Waals surface area contributed by atoms with Crippen molar-refractivity contribution >= 4 is 38.3 Å². The Morgan fingerprint density at radius 1 is 0.962 bits per heavy atom. The minimum Gasteiger partial charge on any atom is -0.494 e. The van der Waals surface area contributed by atoms with Gasteiger partial charge >= 0.3 is 0 Å². The van der Waals surface area contributed by atoms with Crippen LogP contribution in [0, 0.1) is 20.8 Å². The molecular weight excluding hydrogens is 334 g/mol. The third-order valence-electron chi connectivity index (χ3n) is 4.28. The molecule has 135 valence electrons. The van der Waals surface area contributed by atoms with Crippen LogP contribution in [-0.4, -0.2) is 31.0 Å². The van der Waals surface area contributed by atoms with Gasteiger partial charge in [-0.25, -0.2) is 0 Å². The van der Waals surface area contributed by atoms with Crippen LogP contribution in [0.3, 0.4) is 0 Å². The van der Waals surface area contributed by atoms with Crippen molar-refractivity contribution in [3.05, 3.63) is 58.7 Å². The average molecular weight is 363 g/mol. The van der Waals surface area contributed by atoms with Crippen molar-refractivity contribution in [2.75, 3.05) is 6.61 Å². The number of hydrogen-bond acceptors (Lipinski definition) is 2. The van der Waals surface area contributed by atoms with Crippen LogP contribution in [0.2, 0.25) is 0 Å². The van der Waals surface area contributed by atoms with Gasteiger partial charge in [0.15, 0.2) is 5.52 Å². The van der Waals surface area contributed by atoms with Crippen LogP contribution in [-0.2, 0) is 0 Å². The normalized spacial score (nSPS) is 10.8. The predicted molar refractivity (Wildman–Crippen MR) is 115 cm³/mol. The Kier molecular flexibility index (Phi) is 10.3. The number of unbranched alkanes of at least 4 members (excludes halogenated alkanes) is 3. The van der Waals surface area contributed by atoms with E-state index < -0.39 is 0 Å². The molecule has 26 heavy (non-hydrogen) atoms. The second-order valence-corrected chi connectivity index (χ2v) is 7.94. The van der Waals surface area contributed by atoms with E-state index in [4.69, 9.17) is 4.74 Å². The summed E-state index contributed by atoms with van der Waals surface area (Å²) in [4.78, 5) is 12.7. The zero-order valence-electron chi connectivity index (χ0n) is 16.8. The summed E-state index contributed by atoms with van der Waals surface area (Å²) in [6, 6.07) is 12.1. The molecule has 2 rings (SSSR count). The fraction of sp³-hybridized carbons (Fsp3) is 0.409. The quantitative estimate of drug-likeness (QED) is 0.342. The van der Waals surface area contributed by atoms with Crippen molar-refractivity contribution in [2.45, 2.75) is 53.4 Å². The van der Waals surface area contributed by atoms with Crippen LogP contribution >= 0.6 is 8.58 Å². The van der Waals surface area contributed by atoms with Crippen molar-refractivity contribution in [1.82, 2.24) is 0 Å². The number of benzene rings is 2. The number of rotatable bonds is 9. The Bertz CT molecular complexity index is 688. The zero-order valence-corrected chi connectivity index (χ0v) is 17.8. The van der Waals surface area contributed by atoms with Crippen LogP contribution in [0.4, 0.5) is 0 Å². The molecule has 0 heterocycles. The molecular formula is C22H29LiO2P. The molecule has 0 amide bonds. The van der Waals surface area contributed by atoms with Gasteiger partial charge in [0.1, 0.15) is 5.75 Å². The zero-order chi connectivity index (χ0) is 18.2. The maximum absolute atomic E-state index is 12.7. The molecule has 0 N–H and O–H groups in total. The first-order chi connectivity index (χ1) is 12.0. The van der Waals surface area contributed by atoms with Gasteiger partial charge in [0.05, 0.1) is 6.61 Å². The summed E-state index contributed by atoms with van der Waals surface area (Å²) in [5.74, 6) is 0.889. The number of aryl methyl sites for hydroxylation is 3. The second kappa shape index (κ2) is 11.6. The van der Waals surface area contributed by atoms with Gasteiger partial charge in [-0.05, 0) is 64.3 Å². The van der Waals surface area contributed by atoms with Gasteiger partial charge in [0.25, 0.3) is 0 Å². The number of carbonyl (C=O) groups is 1. The van der Waals surface area contributed by atoms with Gasteiger partial charge in [-0.15, -0.1) is 0 Å². The largest absolute Gasteiger partial charge is 0.494 e. The minimum absolute atomic E-state index is 0. The summed E-state index contributed by atoms with van der Waals surface area (Å²) in [5.41, 5.74) is 4.43. The molecule has 2 aromatic rings. The number of ether oxygens (including phenoxy) is 1. The second-order valence-electron chi connectivity index (χ2n) is 6.66. The number of carbonyl (C=O) groups excluding carboxylic acids is 1. The fourth-order valence-electron chi connectivity index (χ4n) is 3.09. The Hall–Kier alpha value is -1.06. The number of hydrogen-bond donors (Lipinski definition) is 0. The molecule has 0 aromatic heterocycles. The molecule has 0 spiro atoms. The molecule has 1 radical (unpaired) electrons. The smallest absolute Gasteiger partial charge is 0.186 e. The SMILES string of the molecule is CCCCCCOc1ccc(PC(=O)c2c(C)cc(C)cc2C)cc1.[Li]. The van der Waals surface area contributed by atoms with E-state index in [1.54, 1.807) is 0 Å². The van der Waals surface area contributed by atoms with E-state index in [1.165, 1.54) is 24.8 Å². The maximum atomic E-state index is 12.7. The fourth-order valence-corrected chi connectivity index (χ4v) is 4.20. The summed E-state index contributed by atoms with van der Waals surface area (Å²) in [7, 11) is 0.149. The van der Waals surface area contributed by atoms with Gasteiger partial charge in [-0.1, -0.05) is 56.0 Å². The van der Waals surface area contributed by atoms with E-state index in [-0.39, 0.29) is 33.0 Å². The molecule has 1 atom stereocenters. The molecule has 0 fully saturated rings. The van der Waals surface area contributed by atoms with Crippen molar-refractivity contribution in [2.24, 2.45) is 0 Å². The van der Waals surface area contributed by atoms with Gasteiger partial charge in [0, 0.05) is 24.4 Å². The Morgan fingerprint density at radius 2 is 1.58 bits per heavy atom. The van der Waals surface area contributed by atoms with Gasteiger partial charge in [-0.2, -0.15) is 0 Å². The van der Waals surface area contributed by atoms with Crippen LogP contribution < -0.4 is 10.0 Å². The molecule has 2 nitrogen and oxygen atoms in total. The topological polar surface area (TPSA) is 26.3 Å². The molecule has 0 aliphatic rings. The van der Waals surface area contributed by atoms with E-state index >= 15 is 0 Å². The van der Waals surface area contributed by atoms with E-state index in [0.29, 0.717) is 0 Å². The first-order valence-corrected chi connectivity index (χ1v) is 10.1. The van der Waals surface area contributed by atoms with Crippen LogP contribution in [0.15, 0.2) is 36.4 Å². The Balaban J connectivity index is 0.00000338. The average Bonchev–Trinajstić information content (AvgIpc) is 2.55. The molecule has 2 aromatic carbocycles. The van der Waals surface area contributed by atoms with Crippen molar-refractivity contribution < 1.29 is 9.53 Å². The van der Waals surface area contributed by atoms with Crippen LogP contribution in [0.1, 0.15) is 59.7 Å². The van der Waals surface area contributed by atoms with Crippen molar-refractivity contribution in [3.8, 4) is 5.75 Å². The Morgan fingerprint density at radius 3 is 2.15 bits per heavy atom. The van der Waals surface area contributed by atoms with Gasteiger partial charge in [-0.3, -0.25) is 4.79 Å². The van der Waals surface area contributed by atoms with Gasteiger partial charge < -0.3 is 4.74 Å². The maximum Gasteiger partial charge on any atom is 0.186 e. The van der Waals surface area contributed by atoms with Crippen molar-refractivity contribution in [1.29, 1.82) is 0 Å². The summed E-state index contributed by atoms with van der Waals surface area (Å²) < 4.78 is 5.77. The third kappa shape index (κ3) is 6.92. The molecule has 0 saturated heterocycles. The molecule has 0 aliphatic carbocycles. The van der Waals surface area contributed by atoms with Crippen molar-refractivity contribution in [3.63, 3.8) is 0 Å². The van der Waals surface area contributed by atoms with Crippen LogP contribution in [0.5, 0.6) is 5.75 Å². The van der Waals surface area contributed by atoms with Gasteiger partial charge in [0.2, 0.25) is 0 Å². The summed E-state index contributed by atoms with van der Waals surface area (Å²) in [6.45, 7) is 9.08. The van der Waals surface area contributed by atoms with E-state index in [0.717, 1.165) is 40.8 Å². The monoisotopic (exact) mass is 363 g/mol. The molecule has 0 bridgehead atoms. The minimum atomic E-state index is 0. The molecule has 0 aliphatic heterocycles.